The van der Waals surface area contributed by atoms with Crippen molar-refractivity contribution >= 4 is 70.7 Å². The largest absolute Gasteiger partial charge is 0.477 e. The van der Waals surface area contributed by atoms with Gasteiger partial charge in [-0.15, -0.1) is 28.6 Å². The lowest BCUT2D eigenvalue weighted by Crippen LogP contribution is -2.85. The van der Waals surface area contributed by atoms with Gasteiger partial charge >= 0.3 is 23.8 Å². The second kappa shape index (κ2) is 12.9. The van der Waals surface area contributed by atoms with E-state index in [0.717, 1.165) is 32.4 Å². The summed E-state index contributed by atoms with van der Waals surface area (Å²) in [6.07, 6.45) is 1.54. The third-order valence-corrected chi connectivity index (χ3v) is 10.5. The highest BCUT2D eigenvalue weighted by molar-refractivity contribution is 8.01. The van der Waals surface area contributed by atoms with Crippen molar-refractivity contribution in [1.29, 1.82) is 0 Å². The molecule has 1 aromatic heterocycles. The molecule has 1 unspecified atom stereocenters. The number of aliphatic carboxylic acids is 1. The fourth-order valence-electron chi connectivity index (χ4n) is 4.94. The topological polar surface area (TPSA) is 214 Å². The number of carbonyl (C=O) groups is 6. The van der Waals surface area contributed by atoms with Crippen LogP contribution in [0, 0.1) is 0 Å². The molecule has 5 rings (SSSR count). The highest BCUT2D eigenvalue weighted by Crippen LogP contribution is 2.46. The lowest BCUT2D eigenvalue weighted by Gasteiger charge is -2.56. The summed E-state index contributed by atoms with van der Waals surface area (Å²) in [5, 5.41) is 27.8. The minimum Gasteiger partial charge on any atom is -0.477 e. The first-order valence-electron chi connectivity index (χ1n) is 13.1. The Bertz CT molecular complexity index is 1520. The van der Waals surface area contributed by atoms with Crippen molar-refractivity contribution in [3.8, 4) is 0 Å². The van der Waals surface area contributed by atoms with E-state index in [-0.39, 0.29) is 42.4 Å². The van der Waals surface area contributed by atoms with Crippen molar-refractivity contribution in [2.45, 2.75) is 28.2 Å². The summed E-state index contributed by atoms with van der Waals surface area (Å²) in [7, 11) is 0. The number of aromatic nitrogens is 2. The van der Waals surface area contributed by atoms with E-state index < -0.39 is 52.7 Å². The number of carboxylic acid groups (broad SMARTS) is 1. The molecule has 232 valence electrons. The average Bonchev–Trinajstić information content (AvgIpc) is 3.56. The first-order chi connectivity index (χ1) is 21.1. The number of hydrogen-bond acceptors (Lipinski definition) is 13. The quantitative estimate of drug-likeness (QED) is 0.0735. The maximum atomic E-state index is 13.7. The number of urea groups is 1. The Kier molecular flexibility index (Phi) is 9.20. The third-order valence-electron chi connectivity index (χ3n) is 7.18. The van der Waals surface area contributed by atoms with E-state index in [2.05, 4.69) is 20.2 Å². The lowest BCUT2D eigenvalue weighted by molar-refractivity contribution is -0.171. The van der Waals surface area contributed by atoms with Crippen LogP contribution in [0.2, 0.25) is 0 Å². The van der Waals surface area contributed by atoms with Crippen LogP contribution in [0.5, 0.6) is 0 Å². The SMILES string of the molecule is CCN1CCN(C(=O)NC(C(=O)N[C@]2(NO)C(=O)N3C(C(=O)O)=C(CSc4cnns4)CS[C@@H]32)c2ccccc2)C(=O)C1=O. The fourth-order valence-corrected chi connectivity index (χ4v) is 7.91. The van der Waals surface area contributed by atoms with E-state index in [1.165, 1.54) is 28.8 Å². The molecule has 6 amide bonds. The van der Waals surface area contributed by atoms with Gasteiger partial charge < -0.3 is 25.8 Å². The molecular formula is C25H26N8O8S3. The van der Waals surface area contributed by atoms with Crippen molar-refractivity contribution in [1.82, 2.24) is 40.4 Å². The van der Waals surface area contributed by atoms with Gasteiger partial charge in [-0.25, -0.2) is 9.59 Å². The molecule has 4 heterocycles. The monoisotopic (exact) mass is 662 g/mol. The van der Waals surface area contributed by atoms with E-state index in [1.807, 2.05) is 5.48 Å². The summed E-state index contributed by atoms with van der Waals surface area (Å²) >= 11 is 3.59. The van der Waals surface area contributed by atoms with E-state index in [4.69, 9.17) is 0 Å². The van der Waals surface area contributed by atoms with Gasteiger partial charge in [-0.2, -0.15) is 5.48 Å². The van der Waals surface area contributed by atoms with Crippen LogP contribution >= 0.6 is 35.1 Å². The molecule has 5 N–H and O–H groups in total. The number of hydroxylamine groups is 1. The summed E-state index contributed by atoms with van der Waals surface area (Å²) in [6, 6.07) is 5.48. The molecule has 0 saturated carbocycles. The van der Waals surface area contributed by atoms with Gasteiger partial charge in [0.05, 0.1) is 6.20 Å². The predicted octanol–water partition coefficient (Wildman–Crippen LogP) is -0.183. The zero-order valence-electron chi connectivity index (χ0n) is 23.0. The maximum absolute atomic E-state index is 13.7. The number of rotatable bonds is 10. The van der Waals surface area contributed by atoms with Crippen LogP contribution in [0.1, 0.15) is 18.5 Å². The standard InChI is InChI=1S/C25H26N8O8S3/c1-2-31-8-9-32(20(36)19(31)35)24(40)27-16(13-6-4-3-5-7-13)18(34)28-25(29-41)22(39)33-17(21(37)38)14(12-43-23(25)33)11-42-15-10-26-30-44-15/h3-7,10,16,23,29,41H,2,8-9,11-12H2,1H3,(H,27,40)(H,28,34)(H,37,38)/t16?,23-,25+/m1/s1. The van der Waals surface area contributed by atoms with Crippen LogP contribution in [0.25, 0.3) is 0 Å². The molecule has 44 heavy (non-hydrogen) atoms. The minimum absolute atomic E-state index is 0.0912. The maximum Gasteiger partial charge on any atom is 0.352 e. The van der Waals surface area contributed by atoms with Crippen molar-refractivity contribution in [3.05, 3.63) is 53.4 Å². The first-order valence-corrected chi connectivity index (χ1v) is 15.9. The van der Waals surface area contributed by atoms with Crippen molar-refractivity contribution < 1.29 is 39.1 Å². The molecule has 2 aromatic rings. The molecule has 1 aromatic carbocycles. The number of amides is 6. The summed E-state index contributed by atoms with van der Waals surface area (Å²) in [5.74, 6) is -4.70. The van der Waals surface area contributed by atoms with Crippen LogP contribution < -0.4 is 16.1 Å². The summed E-state index contributed by atoms with van der Waals surface area (Å²) in [5.41, 5.74) is 0.216. The summed E-state index contributed by atoms with van der Waals surface area (Å²) in [4.78, 5) is 80.6. The van der Waals surface area contributed by atoms with Gasteiger partial charge in [-0.3, -0.25) is 29.0 Å². The Morgan fingerprint density at radius 1 is 1.16 bits per heavy atom. The molecule has 0 radical (unpaired) electrons. The molecule has 3 aliphatic heterocycles. The second-order valence-corrected chi connectivity index (χ2v) is 12.8. The number of fused-ring (bicyclic) bond motifs is 1. The lowest BCUT2D eigenvalue weighted by atomic mass is 9.94. The molecule has 0 spiro atoms. The Morgan fingerprint density at radius 3 is 2.55 bits per heavy atom. The Hall–Kier alpha value is -4.04. The van der Waals surface area contributed by atoms with E-state index in [0.29, 0.717) is 10.5 Å². The van der Waals surface area contributed by atoms with E-state index in [1.54, 1.807) is 31.3 Å². The van der Waals surface area contributed by atoms with Gasteiger partial charge in [-0.1, -0.05) is 34.8 Å². The molecule has 3 aliphatic rings. The van der Waals surface area contributed by atoms with Gasteiger partial charge in [0.25, 0.3) is 5.91 Å². The Balaban J connectivity index is 1.36. The van der Waals surface area contributed by atoms with Crippen molar-refractivity contribution in [2.75, 3.05) is 31.1 Å². The van der Waals surface area contributed by atoms with Crippen LogP contribution in [0.3, 0.4) is 0 Å². The number of benzene rings is 1. The van der Waals surface area contributed by atoms with Crippen LogP contribution in [-0.2, 0) is 24.0 Å². The minimum atomic E-state index is -2.13. The number of carboxylic acids is 1. The number of thioether (sulfide) groups is 2. The number of hydrogen-bond donors (Lipinski definition) is 5. The predicted molar refractivity (Wildman–Crippen MR) is 156 cm³/mol. The highest BCUT2D eigenvalue weighted by atomic mass is 32.2. The molecule has 2 fully saturated rings. The van der Waals surface area contributed by atoms with E-state index in [9.17, 15) is 39.1 Å². The molecular weight excluding hydrogens is 637 g/mol. The number of β-lactam (4-membered cyclic amide) rings is 1. The van der Waals surface area contributed by atoms with Crippen LogP contribution in [0.15, 0.2) is 52.0 Å². The first kappa shape index (κ1) is 31.4. The number of nitrogens with zero attached hydrogens (tertiary/aromatic N) is 5. The number of carbonyl (C=O) groups excluding carboxylic acids is 5. The smallest absolute Gasteiger partial charge is 0.352 e. The van der Waals surface area contributed by atoms with Gasteiger partial charge in [0.1, 0.15) is 21.3 Å². The third kappa shape index (κ3) is 5.63. The van der Waals surface area contributed by atoms with Crippen LogP contribution in [0.4, 0.5) is 4.79 Å². The van der Waals surface area contributed by atoms with Crippen molar-refractivity contribution in [2.24, 2.45) is 0 Å². The molecule has 0 bridgehead atoms. The van der Waals surface area contributed by atoms with Gasteiger partial charge in [0.15, 0.2) is 0 Å². The average molecular weight is 663 g/mol. The number of imide groups is 1. The summed E-state index contributed by atoms with van der Waals surface area (Å²) in [6.45, 7) is 2.02. The molecule has 2 saturated heterocycles. The molecule has 16 nitrogen and oxygen atoms in total. The molecule has 0 aliphatic carbocycles. The fraction of sp³-hybridized carbons (Fsp3) is 0.360. The molecule has 3 atom stereocenters. The van der Waals surface area contributed by atoms with Gasteiger partial charge in [0, 0.05) is 31.1 Å². The van der Waals surface area contributed by atoms with Crippen LogP contribution in [-0.4, -0.2) is 112 Å². The normalized spacial score (nSPS) is 22.4. The van der Waals surface area contributed by atoms with Gasteiger partial charge in [0.2, 0.25) is 11.6 Å². The Morgan fingerprint density at radius 2 is 1.91 bits per heavy atom. The van der Waals surface area contributed by atoms with E-state index >= 15 is 0 Å². The van der Waals surface area contributed by atoms with Gasteiger partial charge in [-0.05, 0) is 29.6 Å². The summed E-state index contributed by atoms with van der Waals surface area (Å²) < 4.78 is 4.53. The van der Waals surface area contributed by atoms with Crippen molar-refractivity contribution in [3.63, 3.8) is 0 Å². The zero-order chi connectivity index (χ0) is 31.6. The zero-order valence-corrected chi connectivity index (χ0v) is 25.4. The Labute approximate surface area is 262 Å². The number of nitrogens with one attached hydrogen (secondary N) is 3. The molecule has 19 heteroatoms. The highest BCUT2D eigenvalue weighted by Gasteiger charge is 2.66. The number of piperazine rings is 1. The number of likely N-dealkylation sites (N-methyl/N-ethyl adjacent to an activating group) is 1. The second-order valence-electron chi connectivity index (χ2n) is 9.66.